The second kappa shape index (κ2) is 7.74. The molecular formula is C22H16ClNO4. The van der Waals surface area contributed by atoms with Gasteiger partial charge in [0.05, 0.1) is 5.69 Å². The predicted octanol–water partition coefficient (Wildman–Crippen LogP) is 4.35. The highest BCUT2D eigenvalue weighted by molar-refractivity contribution is 6.31. The SMILES string of the molecule is O=C(c1ccccc1)c1cc(Cl)ccc1NC(=O)[C@H]1COc2ccccc2O1. The number of ether oxygens (including phenoxy) is 2. The summed E-state index contributed by atoms with van der Waals surface area (Å²) in [7, 11) is 0. The van der Waals surface area contributed by atoms with Gasteiger partial charge in [0, 0.05) is 16.1 Å². The molecule has 3 aromatic rings. The van der Waals surface area contributed by atoms with E-state index in [-0.39, 0.29) is 12.4 Å². The van der Waals surface area contributed by atoms with Crippen LogP contribution in [0.15, 0.2) is 72.8 Å². The summed E-state index contributed by atoms with van der Waals surface area (Å²) in [6.45, 7) is 0.0817. The number of amides is 1. The second-order valence-electron chi connectivity index (χ2n) is 6.24. The van der Waals surface area contributed by atoms with Gasteiger partial charge < -0.3 is 14.8 Å². The van der Waals surface area contributed by atoms with Crippen LogP contribution in [0.4, 0.5) is 5.69 Å². The molecule has 3 aromatic carbocycles. The fourth-order valence-electron chi connectivity index (χ4n) is 2.92. The predicted molar refractivity (Wildman–Crippen MR) is 106 cm³/mol. The van der Waals surface area contributed by atoms with Gasteiger partial charge in [0.2, 0.25) is 6.10 Å². The maximum absolute atomic E-state index is 12.9. The Bertz CT molecular complexity index is 1040. The summed E-state index contributed by atoms with van der Waals surface area (Å²) in [6, 6.07) is 20.7. The topological polar surface area (TPSA) is 64.6 Å². The summed E-state index contributed by atoms with van der Waals surface area (Å²) in [6.07, 6.45) is -0.828. The van der Waals surface area contributed by atoms with Crippen molar-refractivity contribution in [3.8, 4) is 11.5 Å². The minimum absolute atomic E-state index is 0.0817. The van der Waals surface area contributed by atoms with E-state index in [0.717, 1.165) is 0 Å². The maximum atomic E-state index is 12.9. The van der Waals surface area contributed by atoms with E-state index in [1.807, 2.05) is 12.1 Å². The molecule has 0 fully saturated rings. The van der Waals surface area contributed by atoms with Crippen LogP contribution >= 0.6 is 11.6 Å². The lowest BCUT2D eigenvalue weighted by atomic mass is 10.0. The van der Waals surface area contributed by atoms with Gasteiger partial charge in [0.25, 0.3) is 5.91 Å². The van der Waals surface area contributed by atoms with Gasteiger partial charge in [-0.2, -0.15) is 0 Å². The molecule has 6 heteroatoms. The van der Waals surface area contributed by atoms with E-state index in [4.69, 9.17) is 21.1 Å². The molecule has 0 saturated carbocycles. The van der Waals surface area contributed by atoms with E-state index in [0.29, 0.717) is 33.3 Å². The lowest BCUT2D eigenvalue weighted by Crippen LogP contribution is -2.40. The van der Waals surface area contributed by atoms with E-state index in [1.54, 1.807) is 60.7 Å². The van der Waals surface area contributed by atoms with Crippen LogP contribution in [0.3, 0.4) is 0 Å². The highest BCUT2D eigenvalue weighted by Crippen LogP contribution is 2.31. The molecule has 0 spiro atoms. The first kappa shape index (κ1) is 18.1. The molecule has 1 amide bonds. The number of benzene rings is 3. The first-order valence-corrected chi connectivity index (χ1v) is 9.08. The van der Waals surface area contributed by atoms with E-state index in [9.17, 15) is 9.59 Å². The van der Waals surface area contributed by atoms with E-state index in [2.05, 4.69) is 5.32 Å². The van der Waals surface area contributed by atoms with Crippen molar-refractivity contribution < 1.29 is 19.1 Å². The normalized spacial score (nSPS) is 15.0. The van der Waals surface area contributed by atoms with Crippen LogP contribution in [-0.4, -0.2) is 24.4 Å². The highest BCUT2D eigenvalue weighted by atomic mass is 35.5. The van der Waals surface area contributed by atoms with E-state index in [1.165, 1.54) is 0 Å². The van der Waals surface area contributed by atoms with Crippen LogP contribution in [0.25, 0.3) is 0 Å². The van der Waals surface area contributed by atoms with Crippen molar-refractivity contribution in [2.45, 2.75) is 6.10 Å². The number of fused-ring (bicyclic) bond motifs is 1. The lowest BCUT2D eigenvalue weighted by Gasteiger charge is -2.25. The first-order valence-electron chi connectivity index (χ1n) is 8.70. The van der Waals surface area contributed by atoms with Crippen molar-refractivity contribution in [3.05, 3.63) is 88.9 Å². The standard InChI is InChI=1S/C22H16ClNO4/c23-15-10-11-17(16(12-15)21(25)14-6-2-1-3-7-14)24-22(26)20-13-27-18-8-4-5-9-19(18)28-20/h1-12,20H,13H2,(H,24,26)/t20-/m1/s1. The monoisotopic (exact) mass is 393 g/mol. The minimum Gasteiger partial charge on any atom is -0.485 e. The maximum Gasteiger partial charge on any atom is 0.269 e. The third-order valence-electron chi connectivity index (χ3n) is 4.32. The van der Waals surface area contributed by atoms with E-state index < -0.39 is 12.0 Å². The number of carbonyl (C=O) groups is 2. The molecule has 140 valence electrons. The largest absolute Gasteiger partial charge is 0.485 e. The van der Waals surface area contributed by atoms with Gasteiger partial charge in [-0.3, -0.25) is 9.59 Å². The zero-order valence-electron chi connectivity index (χ0n) is 14.7. The molecule has 1 N–H and O–H groups in total. The number of anilines is 1. The van der Waals surface area contributed by atoms with Gasteiger partial charge in [0.15, 0.2) is 17.3 Å². The van der Waals surface area contributed by atoms with Crippen molar-refractivity contribution >= 4 is 29.0 Å². The Morgan fingerprint density at radius 1 is 0.929 bits per heavy atom. The number of hydrogen-bond acceptors (Lipinski definition) is 4. The minimum atomic E-state index is -0.828. The fourth-order valence-corrected chi connectivity index (χ4v) is 3.09. The average Bonchev–Trinajstić information content (AvgIpc) is 2.74. The first-order chi connectivity index (χ1) is 13.6. The zero-order chi connectivity index (χ0) is 19.5. The molecule has 28 heavy (non-hydrogen) atoms. The van der Waals surface area contributed by atoms with E-state index >= 15 is 0 Å². The second-order valence-corrected chi connectivity index (χ2v) is 6.67. The molecule has 0 radical (unpaired) electrons. The number of carbonyl (C=O) groups excluding carboxylic acids is 2. The summed E-state index contributed by atoms with van der Waals surface area (Å²) in [5.41, 5.74) is 1.18. The van der Waals surface area contributed by atoms with Gasteiger partial charge in [-0.1, -0.05) is 54.1 Å². The molecule has 0 bridgehead atoms. The molecule has 1 atom stereocenters. The number of nitrogens with one attached hydrogen (secondary N) is 1. The summed E-state index contributed by atoms with van der Waals surface area (Å²) in [5.74, 6) is 0.465. The molecule has 0 unspecified atom stereocenters. The molecule has 1 aliphatic heterocycles. The number of halogens is 1. The van der Waals surface area contributed by atoms with Crippen molar-refractivity contribution in [2.75, 3.05) is 11.9 Å². The molecule has 0 aliphatic carbocycles. The molecule has 0 aromatic heterocycles. The third kappa shape index (κ3) is 3.70. The molecule has 5 nitrogen and oxygen atoms in total. The summed E-state index contributed by atoms with van der Waals surface area (Å²) >= 11 is 6.08. The fraction of sp³-hybridized carbons (Fsp3) is 0.0909. The van der Waals surface area contributed by atoms with Crippen molar-refractivity contribution in [1.29, 1.82) is 0 Å². The molecule has 0 saturated heterocycles. The Morgan fingerprint density at radius 2 is 1.64 bits per heavy atom. The smallest absolute Gasteiger partial charge is 0.269 e. The molecule has 4 rings (SSSR count). The Labute approximate surface area is 166 Å². The third-order valence-corrected chi connectivity index (χ3v) is 4.56. The average molecular weight is 394 g/mol. The highest BCUT2D eigenvalue weighted by Gasteiger charge is 2.28. The number of rotatable bonds is 4. The van der Waals surface area contributed by atoms with Crippen LogP contribution in [0.5, 0.6) is 11.5 Å². The zero-order valence-corrected chi connectivity index (χ0v) is 15.5. The molecule has 1 aliphatic rings. The van der Waals surface area contributed by atoms with Crippen LogP contribution < -0.4 is 14.8 Å². The van der Waals surface area contributed by atoms with Crippen LogP contribution in [0, 0.1) is 0 Å². The van der Waals surface area contributed by atoms with Crippen molar-refractivity contribution in [2.24, 2.45) is 0 Å². The Hall–Kier alpha value is -3.31. The van der Waals surface area contributed by atoms with Gasteiger partial charge in [-0.05, 0) is 30.3 Å². The summed E-state index contributed by atoms with van der Waals surface area (Å²) < 4.78 is 11.3. The van der Waals surface area contributed by atoms with Gasteiger partial charge in [-0.25, -0.2) is 0 Å². The summed E-state index contributed by atoms with van der Waals surface area (Å²) in [5, 5.41) is 3.17. The molecule has 1 heterocycles. The number of hydrogen-bond donors (Lipinski definition) is 1. The Kier molecular flexibility index (Phi) is 5.00. The van der Waals surface area contributed by atoms with Crippen molar-refractivity contribution in [1.82, 2.24) is 0 Å². The Balaban J connectivity index is 1.57. The van der Waals surface area contributed by atoms with Gasteiger partial charge in [0.1, 0.15) is 6.61 Å². The molecular weight excluding hydrogens is 378 g/mol. The van der Waals surface area contributed by atoms with Crippen LogP contribution in [0.1, 0.15) is 15.9 Å². The van der Waals surface area contributed by atoms with Crippen LogP contribution in [0.2, 0.25) is 5.02 Å². The van der Waals surface area contributed by atoms with Crippen molar-refractivity contribution in [3.63, 3.8) is 0 Å². The lowest BCUT2D eigenvalue weighted by molar-refractivity contribution is -0.125. The Morgan fingerprint density at radius 3 is 2.43 bits per heavy atom. The summed E-state index contributed by atoms with van der Waals surface area (Å²) in [4.78, 5) is 25.6. The number of para-hydroxylation sites is 2. The number of ketones is 1. The quantitative estimate of drug-likeness (QED) is 0.669. The van der Waals surface area contributed by atoms with Gasteiger partial charge >= 0.3 is 0 Å². The van der Waals surface area contributed by atoms with Gasteiger partial charge in [-0.15, -0.1) is 0 Å². The van der Waals surface area contributed by atoms with Crippen LogP contribution in [-0.2, 0) is 4.79 Å².